The molecular weight excluding hydrogens is 383 g/mol. The Kier molecular flexibility index (Phi) is 7.10. The van der Waals surface area contributed by atoms with Crippen molar-refractivity contribution in [3.8, 4) is 11.5 Å². The van der Waals surface area contributed by atoms with Gasteiger partial charge in [-0.3, -0.25) is 0 Å². The zero-order chi connectivity index (χ0) is 17.0. The summed E-state index contributed by atoms with van der Waals surface area (Å²) in [6, 6.07) is 13.6. The SMILES string of the molecule is Cl.O=S(=O)(NCC1CCCN1)c1ccc(Oc2ccccc2Cl)cc1. The Balaban J connectivity index is 0.00000225. The Morgan fingerprint density at radius 1 is 1.16 bits per heavy atom. The number of rotatable bonds is 6. The summed E-state index contributed by atoms with van der Waals surface area (Å²) in [5.41, 5.74) is 0. The second-order valence-electron chi connectivity index (χ2n) is 5.65. The fraction of sp³-hybridized carbons (Fsp3) is 0.294. The first kappa shape index (κ1) is 20.0. The molecule has 136 valence electrons. The first-order valence-electron chi connectivity index (χ1n) is 7.80. The lowest BCUT2D eigenvalue weighted by Crippen LogP contribution is -2.37. The molecule has 1 aliphatic rings. The maximum Gasteiger partial charge on any atom is 0.240 e. The molecule has 1 heterocycles. The van der Waals surface area contributed by atoms with Gasteiger partial charge >= 0.3 is 0 Å². The van der Waals surface area contributed by atoms with Crippen LogP contribution in [0.3, 0.4) is 0 Å². The number of benzene rings is 2. The van der Waals surface area contributed by atoms with Crippen LogP contribution >= 0.6 is 24.0 Å². The van der Waals surface area contributed by atoms with E-state index in [1.54, 1.807) is 24.3 Å². The van der Waals surface area contributed by atoms with E-state index in [1.165, 1.54) is 12.1 Å². The molecular formula is C17H20Cl2N2O3S. The smallest absolute Gasteiger partial charge is 0.240 e. The van der Waals surface area contributed by atoms with Crippen molar-refractivity contribution in [3.05, 3.63) is 53.6 Å². The third kappa shape index (κ3) is 5.33. The molecule has 1 aliphatic heterocycles. The van der Waals surface area contributed by atoms with Crippen LogP contribution in [0.25, 0.3) is 0 Å². The molecule has 2 N–H and O–H groups in total. The summed E-state index contributed by atoms with van der Waals surface area (Å²) >= 11 is 6.04. The van der Waals surface area contributed by atoms with Crippen LogP contribution in [0, 0.1) is 0 Å². The zero-order valence-electron chi connectivity index (χ0n) is 13.4. The lowest BCUT2D eigenvalue weighted by atomic mass is 10.2. The van der Waals surface area contributed by atoms with Gasteiger partial charge in [0.15, 0.2) is 0 Å². The third-order valence-electron chi connectivity index (χ3n) is 3.88. The van der Waals surface area contributed by atoms with E-state index in [-0.39, 0.29) is 23.3 Å². The molecule has 8 heteroatoms. The van der Waals surface area contributed by atoms with Crippen molar-refractivity contribution in [1.82, 2.24) is 10.0 Å². The van der Waals surface area contributed by atoms with Crippen molar-refractivity contribution in [2.24, 2.45) is 0 Å². The van der Waals surface area contributed by atoms with Crippen LogP contribution in [0.5, 0.6) is 11.5 Å². The second kappa shape index (κ2) is 8.87. The number of hydrogen-bond donors (Lipinski definition) is 2. The normalized spacial score (nSPS) is 17.1. The van der Waals surface area contributed by atoms with Crippen LogP contribution in [-0.4, -0.2) is 27.5 Å². The van der Waals surface area contributed by atoms with Gasteiger partial charge in [0.1, 0.15) is 11.5 Å². The quantitative estimate of drug-likeness (QED) is 0.774. The van der Waals surface area contributed by atoms with Crippen LogP contribution in [0.1, 0.15) is 12.8 Å². The lowest BCUT2D eigenvalue weighted by molar-refractivity contribution is 0.482. The van der Waals surface area contributed by atoms with Gasteiger partial charge in [-0.15, -0.1) is 12.4 Å². The molecule has 0 aliphatic carbocycles. The first-order valence-corrected chi connectivity index (χ1v) is 9.66. The van der Waals surface area contributed by atoms with Gasteiger partial charge in [-0.1, -0.05) is 23.7 Å². The molecule has 0 amide bonds. The molecule has 3 rings (SSSR count). The minimum atomic E-state index is -3.52. The Bertz CT molecular complexity index is 792. The summed E-state index contributed by atoms with van der Waals surface area (Å²) in [5, 5.41) is 3.76. The van der Waals surface area contributed by atoms with E-state index < -0.39 is 10.0 Å². The monoisotopic (exact) mass is 402 g/mol. The van der Waals surface area contributed by atoms with E-state index in [2.05, 4.69) is 10.0 Å². The highest BCUT2D eigenvalue weighted by atomic mass is 35.5. The highest BCUT2D eigenvalue weighted by Crippen LogP contribution is 2.29. The van der Waals surface area contributed by atoms with Gasteiger partial charge in [0.05, 0.1) is 9.92 Å². The Labute approximate surface area is 159 Å². The highest BCUT2D eigenvalue weighted by Gasteiger charge is 2.19. The number of ether oxygens (including phenoxy) is 1. The highest BCUT2D eigenvalue weighted by molar-refractivity contribution is 7.89. The number of para-hydroxylation sites is 1. The fourth-order valence-electron chi connectivity index (χ4n) is 2.57. The largest absolute Gasteiger partial charge is 0.456 e. The first-order chi connectivity index (χ1) is 11.5. The topological polar surface area (TPSA) is 67.4 Å². The average molecular weight is 403 g/mol. The van der Waals surface area contributed by atoms with Crippen molar-refractivity contribution in [2.75, 3.05) is 13.1 Å². The van der Waals surface area contributed by atoms with Gasteiger partial charge in [0.2, 0.25) is 10.0 Å². The molecule has 1 unspecified atom stereocenters. The van der Waals surface area contributed by atoms with E-state index >= 15 is 0 Å². The van der Waals surface area contributed by atoms with E-state index in [9.17, 15) is 8.42 Å². The summed E-state index contributed by atoms with van der Waals surface area (Å²) in [6.45, 7) is 1.35. The number of hydrogen-bond acceptors (Lipinski definition) is 4. The van der Waals surface area contributed by atoms with Gasteiger partial charge in [-0.25, -0.2) is 13.1 Å². The Morgan fingerprint density at radius 3 is 2.52 bits per heavy atom. The molecule has 1 fully saturated rings. The third-order valence-corrected chi connectivity index (χ3v) is 5.63. The van der Waals surface area contributed by atoms with Crippen molar-refractivity contribution >= 4 is 34.0 Å². The standard InChI is InChI=1S/C17H19ClN2O3S.ClH/c18-16-5-1-2-6-17(16)23-14-7-9-15(10-8-14)24(21,22)20-12-13-4-3-11-19-13;/h1-2,5-10,13,19-20H,3-4,11-12H2;1H. The predicted molar refractivity (Wildman–Crippen MR) is 101 cm³/mol. The van der Waals surface area contributed by atoms with Gasteiger partial charge in [0.25, 0.3) is 0 Å². The van der Waals surface area contributed by atoms with Crippen molar-refractivity contribution in [3.63, 3.8) is 0 Å². The molecule has 0 spiro atoms. The number of halogens is 2. The number of nitrogens with one attached hydrogen (secondary N) is 2. The van der Waals surface area contributed by atoms with Gasteiger partial charge in [-0.2, -0.15) is 0 Å². The van der Waals surface area contributed by atoms with Crippen LogP contribution in [0.2, 0.25) is 5.02 Å². The zero-order valence-corrected chi connectivity index (χ0v) is 15.8. The molecule has 0 aromatic heterocycles. The van der Waals surface area contributed by atoms with Gasteiger partial charge in [-0.05, 0) is 55.8 Å². The van der Waals surface area contributed by atoms with Gasteiger partial charge in [0, 0.05) is 12.6 Å². The van der Waals surface area contributed by atoms with Crippen LogP contribution in [-0.2, 0) is 10.0 Å². The maximum atomic E-state index is 12.3. The number of sulfonamides is 1. The van der Waals surface area contributed by atoms with E-state index in [4.69, 9.17) is 16.3 Å². The molecule has 5 nitrogen and oxygen atoms in total. The second-order valence-corrected chi connectivity index (χ2v) is 7.82. The molecule has 2 aromatic rings. The van der Waals surface area contributed by atoms with E-state index in [0.717, 1.165) is 19.4 Å². The minimum absolute atomic E-state index is 0. The molecule has 2 aromatic carbocycles. The molecule has 1 atom stereocenters. The van der Waals surface area contributed by atoms with Crippen LogP contribution < -0.4 is 14.8 Å². The minimum Gasteiger partial charge on any atom is -0.456 e. The summed E-state index contributed by atoms with van der Waals surface area (Å²) in [5.74, 6) is 1.06. The predicted octanol–water partition coefficient (Wildman–Crippen LogP) is 3.58. The van der Waals surface area contributed by atoms with Crippen molar-refractivity contribution in [2.45, 2.75) is 23.8 Å². The summed E-state index contributed by atoms with van der Waals surface area (Å²) in [6.07, 6.45) is 2.08. The summed E-state index contributed by atoms with van der Waals surface area (Å²) < 4.78 is 32.9. The molecule has 25 heavy (non-hydrogen) atoms. The lowest BCUT2D eigenvalue weighted by Gasteiger charge is -2.12. The Hall–Kier alpha value is -1.31. The molecule has 0 radical (unpaired) electrons. The molecule has 0 saturated carbocycles. The van der Waals surface area contributed by atoms with E-state index in [1.807, 2.05) is 12.1 Å². The fourth-order valence-corrected chi connectivity index (χ4v) is 3.82. The van der Waals surface area contributed by atoms with Crippen molar-refractivity contribution in [1.29, 1.82) is 0 Å². The van der Waals surface area contributed by atoms with Crippen LogP contribution in [0.15, 0.2) is 53.4 Å². The van der Waals surface area contributed by atoms with Crippen LogP contribution in [0.4, 0.5) is 0 Å². The molecule has 1 saturated heterocycles. The van der Waals surface area contributed by atoms with E-state index in [0.29, 0.717) is 23.1 Å². The summed E-state index contributed by atoms with van der Waals surface area (Å²) in [4.78, 5) is 0.215. The maximum absolute atomic E-state index is 12.3. The molecule has 0 bridgehead atoms. The van der Waals surface area contributed by atoms with Gasteiger partial charge < -0.3 is 10.1 Å². The Morgan fingerprint density at radius 2 is 1.88 bits per heavy atom. The van der Waals surface area contributed by atoms with Crippen molar-refractivity contribution < 1.29 is 13.2 Å². The summed E-state index contributed by atoms with van der Waals surface area (Å²) in [7, 11) is -3.52. The average Bonchev–Trinajstić information content (AvgIpc) is 3.09.